The van der Waals surface area contributed by atoms with Gasteiger partial charge in [0.05, 0.1) is 30.9 Å². The number of rotatable bonds is 8. The molecule has 4 rings (SSSR count). The number of hydrogen-bond acceptors (Lipinski definition) is 5. The van der Waals surface area contributed by atoms with Crippen molar-refractivity contribution < 1.29 is 27.8 Å². The van der Waals surface area contributed by atoms with Crippen LogP contribution in [0.25, 0.3) is 0 Å². The van der Waals surface area contributed by atoms with Crippen LogP contribution in [0.3, 0.4) is 0 Å². The molecule has 0 aliphatic carbocycles. The maximum absolute atomic E-state index is 14.1. The molecule has 1 fully saturated rings. The molecule has 0 bridgehead atoms. The molecule has 6 nitrogen and oxygen atoms in total. The fourth-order valence-corrected chi connectivity index (χ4v) is 4.31. The monoisotopic (exact) mass is 528 g/mol. The number of ether oxygens (including phenoxy) is 2. The number of hydrogen-bond donors (Lipinski definition) is 0. The predicted octanol–water partition coefficient (Wildman–Crippen LogP) is 5.12. The number of piperazine rings is 1. The van der Waals surface area contributed by atoms with E-state index >= 15 is 0 Å². The van der Waals surface area contributed by atoms with E-state index in [1.165, 1.54) is 12.0 Å². The summed E-state index contributed by atoms with van der Waals surface area (Å²) in [5.74, 6) is -2.29. The highest BCUT2D eigenvalue weighted by molar-refractivity contribution is 6.30. The summed E-state index contributed by atoms with van der Waals surface area (Å²) in [6.07, 6.45) is -0.277. The Kier molecular flexibility index (Phi) is 8.87. The van der Waals surface area contributed by atoms with Crippen molar-refractivity contribution in [3.05, 3.63) is 106 Å². The minimum Gasteiger partial charge on any atom is -0.465 e. The molecular weight excluding hydrogens is 502 g/mol. The van der Waals surface area contributed by atoms with Crippen LogP contribution in [0, 0.1) is 11.6 Å². The van der Waals surface area contributed by atoms with Gasteiger partial charge in [-0.25, -0.2) is 13.6 Å². The van der Waals surface area contributed by atoms with Crippen LogP contribution in [0.2, 0.25) is 5.02 Å². The second-order valence-corrected chi connectivity index (χ2v) is 9.19. The van der Waals surface area contributed by atoms with E-state index < -0.39 is 23.5 Å². The number of benzene rings is 3. The lowest BCUT2D eigenvalue weighted by Crippen LogP contribution is -2.49. The van der Waals surface area contributed by atoms with Crippen molar-refractivity contribution in [1.82, 2.24) is 9.80 Å². The minimum atomic E-state index is -0.732. The summed E-state index contributed by atoms with van der Waals surface area (Å²) in [4.78, 5) is 28.1. The highest BCUT2D eigenvalue weighted by atomic mass is 35.5. The second kappa shape index (κ2) is 12.3. The molecule has 37 heavy (non-hydrogen) atoms. The fraction of sp³-hybridized carbons (Fsp3) is 0.286. The SMILES string of the molecule is COC(=O)c1ccc(CO[C@@H](CN2CCN(C(=O)c3cc(F)ccc3F)CC2)c2ccc(Cl)cc2)cc1. The first-order chi connectivity index (χ1) is 17.8. The number of nitrogens with zero attached hydrogens (tertiary/aromatic N) is 2. The first-order valence-electron chi connectivity index (χ1n) is 11.8. The van der Waals surface area contributed by atoms with Crippen LogP contribution in [0.5, 0.6) is 0 Å². The third kappa shape index (κ3) is 6.91. The average Bonchev–Trinajstić information content (AvgIpc) is 2.92. The Morgan fingerprint density at radius 3 is 2.27 bits per heavy atom. The van der Waals surface area contributed by atoms with E-state index in [0.29, 0.717) is 49.9 Å². The molecule has 0 spiro atoms. The van der Waals surface area contributed by atoms with Crippen LogP contribution in [0.4, 0.5) is 8.78 Å². The van der Waals surface area contributed by atoms with Crippen molar-refractivity contribution in [2.75, 3.05) is 39.8 Å². The van der Waals surface area contributed by atoms with E-state index in [9.17, 15) is 18.4 Å². The molecular formula is C28H27ClF2N2O4. The van der Waals surface area contributed by atoms with Gasteiger partial charge in [0.25, 0.3) is 5.91 Å². The zero-order valence-electron chi connectivity index (χ0n) is 20.3. The van der Waals surface area contributed by atoms with E-state index in [1.54, 1.807) is 12.1 Å². The summed E-state index contributed by atoms with van der Waals surface area (Å²) in [6, 6.07) is 17.4. The van der Waals surface area contributed by atoms with E-state index in [2.05, 4.69) is 4.90 Å². The molecule has 1 aliphatic rings. The van der Waals surface area contributed by atoms with Crippen LogP contribution in [0.1, 0.15) is 37.9 Å². The van der Waals surface area contributed by atoms with Gasteiger partial charge < -0.3 is 14.4 Å². The van der Waals surface area contributed by atoms with E-state index in [4.69, 9.17) is 21.1 Å². The largest absolute Gasteiger partial charge is 0.465 e. The Hall–Kier alpha value is -3.33. The van der Waals surface area contributed by atoms with Gasteiger partial charge >= 0.3 is 5.97 Å². The molecule has 0 N–H and O–H groups in total. The summed E-state index contributed by atoms with van der Waals surface area (Å²) >= 11 is 6.07. The van der Waals surface area contributed by atoms with E-state index in [0.717, 1.165) is 29.3 Å². The van der Waals surface area contributed by atoms with Gasteiger partial charge in [0.2, 0.25) is 0 Å². The zero-order chi connectivity index (χ0) is 26.4. The Morgan fingerprint density at radius 1 is 0.946 bits per heavy atom. The van der Waals surface area contributed by atoms with Crippen molar-refractivity contribution >= 4 is 23.5 Å². The lowest BCUT2D eigenvalue weighted by atomic mass is 10.1. The third-order valence-corrected chi connectivity index (χ3v) is 6.56. The Morgan fingerprint density at radius 2 is 1.62 bits per heavy atom. The molecule has 3 aromatic rings. The van der Waals surface area contributed by atoms with Gasteiger partial charge in [-0.3, -0.25) is 9.69 Å². The molecule has 1 amide bonds. The van der Waals surface area contributed by atoms with Crippen molar-refractivity contribution in [3.63, 3.8) is 0 Å². The fourth-order valence-electron chi connectivity index (χ4n) is 4.18. The molecule has 0 aromatic heterocycles. The average molecular weight is 529 g/mol. The Labute approximate surface area is 219 Å². The minimum absolute atomic E-state index is 0.256. The van der Waals surface area contributed by atoms with Crippen LogP contribution < -0.4 is 0 Å². The molecule has 1 heterocycles. The summed E-state index contributed by atoms with van der Waals surface area (Å²) in [5.41, 5.74) is 2.06. The molecule has 0 saturated carbocycles. The molecule has 194 valence electrons. The topological polar surface area (TPSA) is 59.1 Å². The second-order valence-electron chi connectivity index (χ2n) is 8.76. The van der Waals surface area contributed by atoms with Gasteiger partial charge in [-0.15, -0.1) is 0 Å². The van der Waals surface area contributed by atoms with Crippen LogP contribution in [0.15, 0.2) is 66.7 Å². The number of carbonyl (C=O) groups excluding carboxylic acids is 2. The van der Waals surface area contributed by atoms with Crippen molar-refractivity contribution in [3.8, 4) is 0 Å². The third-order valence-electron chi connectivity index (χ3n) is 6.31. The van der Waals surface area contributed by atoms with E-state index in [-0.39, 0.29) is 11.7 Å². The lowest BCUT2D eigenvalue weighted by Gasteiger charge is -2.36. The number of carbonyl (C=O) groups is 2. The van der Waals surface area contributed by atoms with Crippen LogP contribution in [-0.4, -0.2) is 61.5 Å². The van der Waals surface area contributed by atoms with Crippen LogP contribution >= 0.6 is 11.6 Å². The molecule has 1 aliphatic heterocycles. The van der Waals surface area contributed by atoms with Gasteiger partial charge in [0.1, 0.15) is 11.6 Å². The summed E-state index contributed by atoms with van der Waals surface area (Å²) in [5, 5.41) is 0.623. The van der Waals surface area contributed by atoms with Crippen molar-refractivity contribution in [1.29, 1.82) is 0 Å². The maximum atomic E-state index is 14.1. The summed E-state index contributed by atoms with van der Waals surface area (Å²) in [7, 11) is 1.34. The number of amides is 1. The van der Waals surface area contributed by atoms with Gasteiger partial charge in [-0.2, -0.15) is 0 Å². The smallest absolute Gasteiger partial charge is 0.337 e. The van der Waals surface area contributed by atoms with Crippen molar-refractivity contribution in [2.45, 2.75) is 12.7 Å². The molecule has 9 heteroatoms. The summed E-state index contributed by atoms with van der Waals surface area (Å²) < 4.78 is 38.6. The van der Waals surface area contributed by atoms with Gasteiger partial charge in [-0.1, -0.05) is 35.9 Å². The number of esters is 1. The van der Waals surface area contributed by atoms with Crippen LogP contribution in [-0.2, 0) is 16.1 Å². The number of methoxy groups -OCH3 is 1. The van der Waals surface area contributed by atoms with Gasteiger partial charge in [-0.05, 0) is 53.6 Å². The molecule has 0 radical (unpaired) electrons. The standard InChI is InChI=1S/C28H27ClF2N2O4/c1-36-28(35)21-4-2-19(3-5-21)18-37-26(20-6-8-22(29)9-7-20)17-32-12-14-33(15-13-32)27(34)24-16-23(30)10-11-25(24)31/h2-11,16,26H,12-15,17-18H2,1H3/t26-/m0/s1. The normalized spacial score (nSPS) is 14.9. The van der Waals surface area contributed by atoms with Gasteiger partial charge in [0, 0.05) is 37.7 Å². The highest BCUT2D eigenvalue weighted by Gasteiger charge is 2.26. The predicted molar refractivity (Wildman–Crippen MR) is 135 cm³/mol. The lowest BCUT2D eigenvalue weighted by molar-refractivity contribution is 0.00336. The Bertz CT molecular complexity index is 1230. The summed E-state index contributed by atoms with van der Waals surface area (Å²) in [6.45, 7) is 2.78. The molecule has 1 atom stereocenters. The van der Waals surface area contributed by atoms with Crippen molar-refractivity contribution in [2.24, 2.45) is 0 Å². The Balaban J connectivity index is 1.39. The molecule has 0 unspecified atom stereocenters. The van der Waals surface area contributed by atoms with E-state index in [1.807, 2.05) is 36.4 Å². The number of halogens is 3. The van der Waals surface area contributed by atoms with Gasteiger partial charge in [0.15, 0.2) is 0 Å². The highest BCUT2D eigenvalue weighted by Crippen LogP contribution is 2.24. The maximum Gasteiger partial charge on any atom is 0.337 e. The first-order valence-corrected chi connectivity index (χ1v) is 12.2. The molecule has 3 aromatic carbocycles. The zero-order valence-corrected chi connectivity index (χ0v) is 21.1. The first kappa shape index (κ1) is 26.7. The molecule has 1 saturated heterocycles. The quantitative estimate of drug-likeness (QED) is 0.380.